The highest BCUT2D eigenvalue weighted by atomic mass is 16.5. The van der Waals surface area contributed by atoms with E-state index in [1.54, 1.807) is 12.1 Å². The minimum atomic E-state index is -1.03. The lowest BCUT2D eigenvalue weighted by molar-refractivity contribution is -0.149. The van der Waals surface area contributed by atoms with Crippen LogP contribution in [0.3, 0.4) is 0 Å². The third-order valence-corrected chi connectivity index (χ3v) is 2.10. The number of anilines is 1. The molecule has 1 aromatic rings. The molecule has 17 heavy (non-hydrogen) atoms. The van der Waals surface area contributed by atoms with Gasteiger partial charge in [0.05, 0.1) is 13.0 Å². The summed E-state index contributed by atoms with van der Waals surface area (Å²) in [6, 6.07) is 9.04. The van der Waals surface area contributed by atoms with E-state index in [2.05, 4.69) is 5.32 Å². The normalized spacial score (nSPS) is 11.8. The maximum atomic E-state index is 11.4. The second-order valence-electron chi connectivity index (χ2n) is 3.52. The third-order valence-electron chi connectivity index (χ3n) is 2.10. The lowest BCUT2D eigenvalue weighted by atomic mass is 10.3. The van der Waals surface area contributed by atoms with Crippen LogP contribution in [0.15, 0.2) is 30.3 Å². The minimum absolute atomic E-state index is 0.0894. The summed E-state index contributed by atoms with van der Waals surface area (Å²) in [6.45, 7) is 1.52. The van der Waals surface area contributed by atoms with Crippen molar-refractivity contribution in [1.29, 1.82) is 0 Å². The highest BCUT2D eigenvalue weighted by Gasteiger charge is 2.11. The first-order chi connectivity index (χ1) is 8.09. The van der Waals surface area contributed by atoms with E-state index in [4.69, 9.17) is 9.84 Å². The van der Waals surface area contributed by atoms with E-state index in [1.165, 1.54) is 6.92 Å². The highest BCUT2D eigenvalue weighted by molar-refractivity contribution is 5.90. The van der Waals surface area contributed by atoms with Gasteiger partial charge < -0.3 is 15.2 Å². The van der Waals surface area contributed by atoms with Crippen molar-refractivity contribution in [1.82, 2.24) is 0 Å². The summed E-state index contributed by atoms with van der Waals surface area (Å²) in [5, 5.41) is 11.2. The largest absolute Gasteiger partial charge is 0.479 e. The summed E-state index contributed by atoms with van der Waals surface area (Å²) in [6.07, 6.45) is -0.758. The van der Waals surface area contributed by atoms with Crippen molar-refractivity contribution >= 4 is 17.6 Å². The number of hydrogen-bond donors (Lipinski definition) is 2. The maximum absolute atomic E-state index is 11.4. The summed E-state index contributed by atoms with van der Waals surface area (Å²) < 4.78 is 4.95. The molecule has 1 aromatic carbocycles. The Morgan fingerprint density at radius 3 is 2.59 bits per heavy atom. The van der Waals surface area contributed by atoms with E-state index in [1.807, 2.05) is 18.2 Å². The van der Waals surface area contributed by atoms with Gasteiger partial charge in [-0.1, -0.05) is 18.2 Å². The van der Waals surface area contributed by atoms with Crippen LogP contribution in [0.1, 0.15) is 13.3 Å². The molecule has 92 valence electrons. The van der Waals surface area contributed by atoms with Crippen LogP contribution in [0.25, 0.3) is 0 Å². The monoisotopic (exact) mass is 237 g/mol. The number of nitrogens with one attached hydrogen (secondary N) is 1. The topological polar surface area (TPSA) is 75.6 Å². The zero-order valence-electron chi connectivity index (χ0n) is 9.55. The minimum Gasteiger partial charge on any atom is -0.479 e. The molecule has 0 saturated carbocycles. The number of benzene rings is 1. The summed E-state index contributed by atoms with van der Waals surface area (Å²) in [7, 11) is 0. The maximum Gasteiger partial charge on any atom is 0.332 e. The molecule has 2 N–H and O–H groups in total. The van der Waals surface area contributed by atoms with Gasteiger partial charge in [0, 0.05) is 5.69 Å². The quantitative estimate of drug-likeness (QED) is 0.786. The Kier molecular flexibility index (Phi) is 5.16. The van der Waals surface area contributed by atoms with Crippen molar-refractivity contribution < 1.29 is 19.4 Å². The number of amides is 1. The molecule has 0 unspecified atom stereocenters. The van der Waals surface area contributed by atoms with Crippen molar-refractivity contribution in [2.24, 2.45) is 0 Å². The van der Waals surface area contributed by atoms with Crippen molar-refractivity contribution in [3.8, 4) is 0 Å². The fourth-order valence-electron chi connectivity index (χ4n) is 1.14. The van der Waals surface area contributed by atoms with E-state index in [9.17, 15) is 9.59 Å². The van der Waals surface area contributed by atoms with Crippen molar-refractivity contribution in [3.05, 3.63) is 30.3 Å². The van der Waals surface area contributed by atoms with Gasteiger partial charge in [0.1, 0.15) is 0 Å². The Labute approximate surface area is 99.4 Å². The van der Waals surface area contributed by atoms with E-state index >= 15 is 0 Å². The van der Waals surface area contributed by atoms with Gasteiger partial charge in [0.25, 0.3) is 0 Å². The highest BCUT2D eigenvalue weighted by Crippen LogP contribution is 2.05. The molecule has 0 saturated heterocycles. The summed E-state index contributed by atoms with van der Waals surface area (Å²) in [5.74, 6) is -1.23. The number of carbonyl (C=O) groups excluding carboxylic acids is 1. The van der Waals surface area contributed by atoms with E-state index < -0.39 is 12.1 Å². The van der Waals surface area contributed by atoms with Gasteiger partial charge in [-0.25, -0.2) is 4.79 Å². The SMILES string of the molecule is C[C@H](OCCC(=O)Nc1ccccc1)C(=O)O. The molecule has 1 amide bonds. The smallest absolute Gasteiger partial charge is 0.332 e. The van der Waals surface area contributed by atoms with Crippen LogP contribution >= 0.6 is 0 Å². The Morgan fingerprint density at radius 2 is 2.00 bits per heavy atom. The first-order valence-corrected chi connectivity index (χ1v) is 5.29. The van der Waals surface area contributed by atoms with Gasteiger partial charge in [-0.05, 0) is 19.1 Å². The third kappa shape index (κ3) is 5.12. The van der Waals surface area contributed by atoms with Crippen LogP contribution in [0.2, 0.25) is 0 Å². The van der Waals surface area contributed by atoms with E-state index in [0.717, 1.165) is 0 Å². The molecule has 0 bridgehead atoms. The molecule has 1 atom stereocenters. The van der Waals surface area contributed by atoms with Gasteiger partial charge in [0.15, 0.2) is 6.10 Å². The second-order valence-corrected chi connectivity index (χ2v) is 3.52. The Morgan fingerprint density at radius 1 is 1.35 bits per heavy atom. The van der Waals surface area contributed by atoms with Crippen LogP contribution in [0.5, 0.6) is 0 Å². The number of carbonyl (C=O) groups is 2. The lowest BCUT2D eigenvalue weighted by Gasteiger charge is -2.08. The number of carboxylic acid groups (broad SMARTS) is 1. The molecular weight excluding hydrogens is 222 g/mol. The number of ether oxygens (including phenoxy) is 1. The van der Waals surface area contributed by atoms with E-state index in [0.29, 0.717) is 5.69 Å². The molecule has 0 heterocycles. The zero-order valence-corrected chi connectivity index (χ0v) is 9.55. The summed E-state index contributed by atoms with van der Waals surface area (Å²) >= 11 is 0. The van der Waals surface area contributed by atoms with Gasteiger partial charge >= 0.3 is 5.97 Å². The molecule has 0 fully saturated rings. The number of carboxylic acids is 1. The number of hydrogen-bond acceptors (Lipinski definition) is 3. The first kappa shape index (κ1) is 13.2. The molecule has 0 aliphatic rings. The molecule has 5 nitrogen and oxygen atoms in total. The molecule has 0 spiro atoms. The summed E-state index contributed by atoms with van der Waals surface area (Å²) in [5.41, 5.74) is 0.712. The molecule has 1 rings (SSSR count). The molecule has 0 radical (unpaired) electrons. The van der Waals surface area contributed by atoms with Crippen LogP contribution in [-0.4, -0.2) is 29.7 Å². The average Bonchev–Trinajstić information content (AvgIpc) is 2.30. The zero-order chi connectivity index (χ0) is 12.7. The van der Waals surface area contributed by atoms with Crippen molar-refractivity contribution in [2.75, 3.05) is 11.9 Å². The second kappa shape index (κ2) is 6.65. The Bertz CT molecular complexity index is 377. The number of aliphatic carboxylic acids is 1. The molecular formula is C12H15NO4. The standard InChI is InChI=1S/C12H15NO4/c1-9(12(15)16)17-8-7-11(14)13-10-5-3-2-4-6-10/h2-6,9H,7-8H2,1H3,(H,13,14)(H,15,16)/t9-/m0/s1. The molecule has 0 aliphatic heterocycles. The fraction of sp³-hybridized carbons (Fsp3) is 0.333. The molecule has 0 aliphatic carbocycles. The van der Waals surface area contributed by atoms with Crippen LogP contribution in [0.4, 0.5) is 5.69 Å². The van der Waals surface area contributed by atoms with Crippen molar-refractivity contribution in [2.45, 2.75) is 19.4 Å². The predicted octanol–water partition coefficient (Wildman–Crippen LogP) is 1.50. The number of para-hydroxylation sites is 1. The van der Waals surface area contributed by atoms with E-state index in [-0.39, 0.29) is 18.9 Å². The summed E-state index contributed by atoms with van der Waals surface area (Å²) in [4.78, 5) is 21.9. The first-order valence-electron chi connectivity index (χ1n) is 5.29. The Hall–Kier alpha value is -1.88. The van der Waals surface area contributed by atoms with Crippen LogP contribution < -0.4 is 5.32 Å². The molecule has 5 heteroatoms. The van der Waals surface area contributed by atoms with Gasteiger partial charge in [-0.3, -0.25) is 4.79 Å². The van der Waals surface area contributed by atoms with Crippen LogP contribution in [0, 0.1) is 0 Å². The average molecular weight is 237 g/mol. The number of rotatable bonds is 6. The molecule has 0 aromatic heterocycles. The van der Waals surface area contributed by atoms with Crippen LogP contribution in [-0.2, 0) is 14.3 Å². The van der Waals surface area contributed by atoms with Gasteiger partial charge in [-0.15, -0.1) is 0 Å². The van der Waals surface area contributed by atoms with Crippen molar-refractivity contribution in [3.63, 3.8) is 0 Å². The van der Waals surface area contributed by atoms with Gasteiger partial charge in [-0.2, -0.15) is 0 Å². The fourth-order valence-corrected chi connectivity index (χ4v) is 1.14. The lowest BCUT2D eigenvalue weighted by Crippen LogP contribution is -2.22. The Balaban J connectivity index is 2.25. The predicted molar refractivity (Wildman–Crippen MR) is 62.7 cm³/mol. The van der Waals surface area contributed by atoms with Gasteiger partial charge in [0.2, 0.25) is 5.91 Å².